The number of hydrogen-bond acceptors (Lipinski definition) is 2. The van der Waals surface area contributed by atoms with Gasteiger partial charge in [0.15, 0.2) is 0 Å². The first kappa shape index (κ1) is 14.6. The third kappa shape index (κ3) is 2.71. The fourth-order valence-corrected chi connectivity index (χ4v) is 2.14. The number of benzene rings is 2. The molecule has 2 rings (SSSR count). The standard InChI is InChI=1S/C14H11Cl2FN2O/c1-19(12-7-8(15)5-6-11(12)18)14(20)9-3-2-4-10(17)13(9)16/h2-7H,18H2,1H3. The summed E-state index contributed by atoms with van der Waals surface area (Å²) in [6.45, 7) is 0. The molecule has 0 saturated carbocycles. The van der Waals surface area contributed by atoms with E-state index in [0.29, 0.717) is 16.4 Å². The van der Waals surface area contributed by atoms with Gasteiger partial charge in [-0.3, -0.25) is 4.79 Å². The molecule has 3 nitrogen and oxygen atoms in total. The maximum absolute atomic E-state index is 13.4. The smallest absolute Gasteiger partial charge is 0.259 e. The fourth-order valence-electron chi connectivity index (χ4n) is 1.77. The fraction of sp³-hybridized carbons (Fsp3) is 0.0714. The normalized spacial score (nSPS) is 10.4. The van der Waals surface area contributed by atoms with Gasteiger partial charge in [-0.05, 0) is 30.3 Å². The number of rotatable bonds is 2. The van der Waals surface area contributed by atoms with Crippen molar-refractivity contribution < 1.29 is 9.18 Å². The van der Waals surface area contributed by atoms with Gasteiger partial charge >= 0.3 is 0 Å². The molecular formula is C14H11Cl2FN2O. The molecule has 0 radical (unpaired) electrons. The Labute approximate surface area is 125 Å². The highest BCUT2D eigenvalue weighted by atomic mass is 35.5. The molecule has 0 fully saturated rings. The highest BCUT2D eigenvalue weighted by Crippen LogP contribution is 2.29. The summed E-state index contributed by atoms with van der Waals surface area (Å²) in [6.07, 6.45) is 0. The minimum atomic E-state index is -0.648. The third-order valence-electron chi connectivity index (χ3n) is 2.84. The van der Waals surface area contributed by atoms with E-state index in [1.807, 2.05) is 0 Å². The van der Waals surface area contributed by atoms with Crippen molar-refractivity contribution in [3.63, 3.8) is 0 Å². The minimum Gasteiger partial charge on any atom is -0.397 e. The Morgan fingerprint density at radius 2 is 1.95 bits per heavy atom. The summed E-state index contributed by atoms with van der Waals surface area (Å²) in [6, 6.07) is 8.83. The zero-order valence-electron chi connectivity index (χ0n) is 10.5. The van der Waals surface area contributed by atoms with Gasteiger partial charge in [-0.15, -0.1) is 0 Å². The number of hydrogen-bond donors (Lipinski definition) is 1. The third-order valence-corrected chi connectivity index (χ3v) is 3.46. The van der Waals surface area contributed by atoms with Crippen LogP contribution in [0, 0.1) is 5.82 Å². The molecule has 0 aromatic heterocycles. The maximum atomic E-state index is 13.4. The number of carbonyl (C=O) groups excluding carboxylic acids is 1. The summed E-state index contributed by atoms with van der Waals surface area (Å²) in [5.74, 6) is -1.12. The first-order valence-electron chi connectivity index (χ1n) is 5.69. The van der Waals surface area contributed by atoms with Gasteiger partial charge in [0.25, 0.3) is 5.91 Å². The summed E-state index contributed by atoms with van der Waals surface area (Å²) in [4.78, 5) is 13.6. The Bertz CT molecular complexity index is 676. The topological polar surface area (TPSA) is 46.3 Å². The van der Waals surface area contributed by atoms with Crippen LogP contribution in [0.2, 0.25) is 10.0 Å². The number of halogens is 3. The molecule has 0 aliphatic carbocycles. The molecule has 20 heavy (non-hydrogen) atoms. The highest BCUT2D eigenvalue weighted by Gasteiger charge is 2.20. The highest BCUT2D eigenvalue weighted by molar-refractivity contribution is 6.35. The summed E-state index contributed by atoms with van der Waals surface area (Å²) in [7, 11) is 1.52. The van der Waals surface area contributed by atoms with E-state index in [1.54, 1.807) is 18.2 Å². The van der Waals surface area contributed by atoms with E-state index >= 15 is 0 Å². The van der Waals surface area contributed by atoms with Crippen LogP contribution < -0.4 is 10.6 Å². The Hall–Kier alpha value is -1.78. The average Bonchev–Trinajstić information content (AvgIpc) is 2.43. The molecule has 2 N–H and O–H groups in total. The largest absolute Gasteiger partial charge is 0.397 e. The Morgan fingerprint density at radius 1 is 1.25 bits per heavy atom. The van der Waals surface area contributed by atoms with E-state index < -0.39 is 11.7 Å². The number of nitrogens with two attached hydrogens (primary N) is 1. The van der Waals surface area contributed by atoms with Crippen LogP contribution in [0.4, 0.5) is 15.8 Å². The van der Waals surface area contributed by atoms with E-state index in [0.717, 1.165) is 0 Å². The van der Waals surface area contributed by atoms with Crippen molar-refractivity contribution in [2.45, 2.75) is 0 Å². The second-order valence-electron chi connectivity index (χ2n) is 4.17. The van der Waals surface area contributed by atoms with Gasteiger partial charge in [-0.25, -0.2) is 4.39 Å². The van der Waals surface area contributed by atoms with E-state index in [1.165, 1.54) is 30.1 Å². The number of amides is 1. The first-order valence-corrected chi connectivity index (χ1v) is 6.44. The van der Waals surface area contributed by atoms with Crippen molar-refractivity contribution >= 4 is 40.5 Å². The zero-order chi connectivity index (χ0) is 14.9. The molecule has 1 amide bonds. The molecule has 0 aliphatic rings. The molecule has 0 atom stereocenters. The van der Waals surface area contributed by atoms with Gasteiger partial charge in [0.1, 0.15) is 5.82 Å². The molecule has 0 saturated heterocycles. The number of nitrogen functional groups attached to an aromatic ring is 1. The molecule has 0 bridgehead atoms. The van der Waals surface area contributed by atoms with Crippen LogP contribution in [0.1, 0.15) is 10.4 Å². The molecule has 104 valence electrons. The second-order valence-corrected chi connectivity index (χ2v) is 4.98. The van der Waals surface area contributed by atoms with Crippen LogP contribution in [0.3, 0.4) is 0 Å². The summed E-state index contributed by atoms with van der Waals surface area (Å²) < 4.78 is 13.4. The number of carbonyl (C=O) groups is 1. The monoisotopic (exact) mass is 312 g/mol. The zero-order valence-corrected chi connectivity index (χ0v) is 12.0. The molecule has 0 aliphatic heterocycles. The predicted molar refractivity (Wildman–Crippen MR) is 80.0 cm³/mol. The quantitative estimate of drug-likeness (QED) is 0.852. The maximum Gasteiger partial charge on any atom is 0.259 e. The van der Waals surface area contributed by atoms with Crippen LogP contribution in [0.15, 0.2) is 36.4 Å². The molecule has 2 aromatic carbocycles. The Kier molecular flexibility index (Phi) is 4.16. The van der Waals surface area contributed by atoms with Crippen molar-refractivity contribution in [3.8, 4) is 0 Å². The number of anilines is 2. The van der Waals surface area contributed by atoms with Crippen molar-refractivity contribution in [2.75, 3.05) is 17.7 Å². The lowest BCUT2D eigenvalue weighted by atomic mass is 10.1. The molecule has 2 aromatic rings. The van der Waals surface area contributed by atoms with Crippen LogP contribution in [-0.2, 0) is 0 Å². The Balaban J connectivity index is 2.43. The molecular weight excluding hydrogens is 302 g/mol. The Morgan fingerprint density at radius 3 is 2.65 bits per heavy atom. The van der Waals surface area contributed by atoms with Gasteiger partial charge in [-0.1, -0.05) is 29.3 Å². The lowest BCUT2D eigenvalue weighted by Crippen LogP contribution is -2.27. The van der Waals surface area contributed by atoms with Gasteiger partial charge in [0, 0.05) is 12.1 Å². The minimum absolute atomic E-state index is 0.0635. The van der Waals surface area contributed by atoms with Gasteiger partial charge in [0.05, 0.1) is 22.0 Å². The van der Waals surface area contributed by atoms with Gasteiger partial charge < -0.3 is 10.6 Å². The average molecular weight is 313 g/mol. The lowest BCUT2D eigenvalue weighted by molar-refractivity contribution is 0.0993. The predicted octanol–water partition coefficient (Wildman–Crippen LogP) is 3.99. The summed E-state index contributed by atoms with van der Waals surface area (Å²) >= 11 is 11.7. The van der Waals surface area contributed by atoms with E-state index in [4.69, 9.17) is 28.9 Å². The van der Waals surface area contributed by atoms with Crippen LogP contribution in [0.5, 0.6) is 0 Å². The molecule has 0 unspecified atom stereocenters. The van der Waals surface area contributed by atoms with Crippen molar-refractivity contribution in [1.82, 2.24) is 0 Å². The molecule has 6 heteroatoms. The SMILES string of the molecule is CN(C(=O)c1cccc(F)c1Cl)c1cc(Cl)ccc1N. The molecule has 0 spiro atoms. The van der Waals surface area contributed by atoms with Crippen LogP contribution >= 0.6 is 23.2 Å². The second kappa shape index (κ2) is 5.69. The van der Waals surface area contributed by atoms with Crippen LogP contribution in [0.25, 0.3) is 0 Å². The van der Waals surface area contributed by atoms with Crippen molar-refractivity contribution in [3.05, 3.63) is 57.8 Å². The van der Waals surface area contributed by atoms with Crippen LogP contribution in [-0.4, -0.2) is 13.0 Å². The van der Waals surface area contributed by atoms with Crippen molar-refractivity contribution in [2.24, 2.45) is 0 Å². The van der Waals surface area contributed by atoms with E-state index in [-0.39, 0.29) is 10.6 Å². The number of nitrogens with zero attached hydrogens (tertiary/aromatic N) is 1. The van der Waals surface area contributed by atoms with Crippen molar-refractivity contribution in [1.29, 1.82) is 0 Å². The van der Waals surface area contributed by atoms with Gasteiger partial charge in [0.2, 0.25) is 0 Å². The van der Waals surface area contributed by atoms with E-state index in [2.05, 4.69) is 0 Å². The summed E-state index contributed by atoms with van der Waals surface area (Å²) in [5, 5.41) is 0.226. The lowest BCUT2D eigenvalue weighted by Gasteiger charge is -2.20. The summed E-state index contributed by atoms with van der Waals surface area (Å²) in [5.41, 5.74) is 6.70. The molecule has 0 heterocycles. The van der Waals surface area contributed by atoms with Gasteiger partial charge in [-0.2, -0.15) is 0 Å². The van der Waals surface area contributed by atoms with E-state index in [9.17, 15) is 9.18 Å². The first-order chi connectivity index (χ1) is 9.41.